The first kappa shape index (κ1) is 15.4. The maximum Gasteiger partial charge on any atom is 0.272 e. The zero-order valence-corrected chi connectivity index (χ0v) is 12.6. The Kier molecular flexibility index (Phi) is 4.77. The van der Waals surface area contributed by atoms with E-state index >= 15 is 0 Å². The topological polar surface area (TPSA) is 88.2 Å². The van der Waals surface area contributed by atoms with Crippen LogP contribution in [0.1, 0.15) is 16.2 Å². The smallest absolute Gasteiger partial charge is 0.272 e. The Bertz CT molecular complexity index is 717. The molecule has 1 fully saturated rings. The van der Waals surface area contributed by atoms with Crippen molar-refractivity contribution in [2.24, 2.45) is 5.92 Å². The van der Waals surface area contributed by atoms with E-state index < -0.39 is 0 Å². The Balaban J connectivity index is 1.71. The molecular formula is C16H18N4O3. The quantitative estimate of drug-likeness (QED) is 0.891. The number of aromatic amines is 1. The van der Waals surface area contributed by atoms with E-state index in [1.165, 1.54) is 12.4 Å². The number of hydrogen-bond acceptors (Lipinski definition) is 5. The second-order valence-electron chi connectivity index (χ2n) is 5.51. The molecular weight excluding hydrogens is 296 g/mol. The van der Waals surface area contributed by atoms with Gasteiger partial charge in [-0.05, 0) is 18.6 Å². The van der Waals surface area contributed by atoms with Gasteiger partial charge < -0.3 is 14.6 Å². The summed E-state index contributed by atoms with van der Waals surface area (Å²) in [7, 11) is 0. The number of ether oxygens (including phenoxy) is 1. The van der Waals surface area contributed by atoms with Crippen LogP contribution >= 0.6 is 0 Å². The van der Waals surface area contributed by atoms with Crippen LogP contribution in [0.25, 0.3) is 0 Å². The normalized spacial score (nSPS) is 18.4. The van der Waals surface area contributed by atoms with Crippen molar-refractivity contribution >= 4 is 5.91 Å². The van der Waals surface area contributed by atoms with Crippen LogP contribution in [0.15, 0.2) is 41.6 Å². The Morgan fingerprint density at radius 1 is 1.39 bits per heavy atom. The fourth-order valence-corrected chi connectivity index (χ4v) is 2.66. The monoisotopic (exact) mass is 314 g/mol. The predicted octanol–water partition coefficient (Wildman–Crippen LogP) is 0.496. The molecule has 1 aliphatic rings. The van der Waals surface area contributed by atoms with E-state index in [2.05, 4.69) is 15.0 Å². The third-order valence-electron chi connectivity index (χ3n) is 3.74. The summed E-state index contributed by atoms with van der Waals surface area (Å²) in [6, 6.07) is 6.77. The molecule has 0 bridgehead atoms. The van der Waals surface area contributed by atoms with Crippen molar-refractivity contribution in [2.45, 2.75) is 6.42 Å². The lowest BCUT2D eigenvalue weighted by molar-refractivity contribution is 0.0731. The Morgan fingerprint density at radius 3 is 3.09 bits per heavy atom. The number of carbonyl (C=O) groups excluding carboxylic acids is 1. The van der Waals surface area contributed by atoms with Crippen molar-refractivity contribution in [2.75, 3.05) is 26.3 Å². The average Bonchev–Trinajstić information content (AvgIpc) is 2.80. The highest BCUT2D eigenvalue weighted by Gasteiger charge is 2.24. The minimum atomic E-state index is -0.175. The van der Waals surface area contributed by atoms with E-state index in [0.717, 1.165) is 0 Å². The number of hydrogen-bond donors (Lipinski definition) is 1. The van der Waals surface area contributed by atoms with Gasteiger partial charge in [-0.3, -0.25) is 14.6 Å². The molecule has 0 spiro atoms. The molecule has 1 amide bonds. The highest BCUT2D eigenvalue weighted by atomic mass is 16.5. The lowest BCUT2D eigenvalue weighted by atomic mass is 10.0. The molecule has 2 aromatic heterocycles. The van der Waals surface area contributed by atoms with Crippen molar-refractivity contribution in [3.05, 3.63) is 58.5 Å². The van der Waals surface area contributed by atoms with Crippen molar-refractivity contribution < 1.29 is 9.53 Å². The van der Waals surface area contributed by atoms with E-state index in [4.69, 9.17) is 4.74 Å². The second kappa shape index (κ2) is 7.15. The van der Waals surface area contributed by atoms with E-state index in [9.17, 15) is 9.59 Å². The summed E-state index contributed by atoms with van der Waals surface area (Å²) in [4.78, 5) is 36.4. The molecule has 0 aliphatic carbocycles. The van der Waals surface area contributed by atoms with Gasteiger partial charge in [-0.15, -0.1) is 0 Å². The molecule has 0 saturated carbocycles. The van der Waals surface area contributed by atoms with Crippen LogP contribution in [0.3, 0.4) is 0 Å². The lowest BCUT2D eigenvalue weighted by Gasteiger charge is -2.23. The van der Waals surface area contributed by atoms with Crippen molar-refractivity contribution in [1.29, 1.82) is 0 Å². The second-order valence-corrected chi connectivity index (χ2v) is 5.51. The summed E-state index contributed by atoms with van der Waals surface area (Å²) in [5.74, 6) is -0.000527. The predicted molar refractivity (Wildman–Crippen MR) is 83.0 cm³/mol. The Morgan fingerprint density at radius 2 is 2.30 bits per heavy atom. The van der Waals surface area contributed by atoms with Crippen LogP contribution in [-0.2, 0) is 11.2 Å². The van der Waals surface area contributed by atoms with Gasteiger partial charge in [-0.2, -0.15) is 0 Å². The van der Waals surface area contributed by atoms with Crippen LogP contribution in [0.4, 0.5) is 0 Å². The van der Waals surface area contributed by atoms with Crippen LogP contribution in [-0.4, -0.2) is 52.1 Å². The summed E-state index contributed by atoms with van der Waals surface area (Å²) in [5, 5.41) is 0. The van der Waals surface area contributed by atoms with Crippen LogP contribution < -0.4 is 5.56 Å². The number of amides is 1. The zero-order valence-electron chi connectivity index (χ0n) is 12.6. The van der Waals surface area contributed by atoms with Crippen molar-refractivity contribution in [3.63, 3.8) is 0 Å². The Labute approximate surface area is 133 Å². The number of nitrogens with zero attached hydrogens (tertiary/aromatic N) is 3. The first-order valence-corrected chi connectivity index (χ1v) is 7.54. The molecule has 1 saturated heterocycles. The lowest BCUT2D eigenvalue weighted by Crippen LogP contribution is -2.37. The van der Waals surface area contributed by atoms with Crippen LogP contribution in [0, 0.1) is 5.92 Å². The van der Waals surface area contributed by atoms with Gasteiger partial charge in [0.2, 0.25) is 0 Å². The molecule has 1 atom stereocenters. The van der Waals surface area contributed by atoms with Gasteiger partial charge in [0.25, 0.3) is 11.5 Å². The molecule has 0 aromatic carbocycles. The minimum Gasteiger partial charge on any atom is -0.379 e. The molecule has 1 unspecified atom stereocenters. The number of pyridine rings is 1. The maximum atomic E-state index is 12.5. The summed E-state index contributed by atoms with van der Waals surface area (Å²) in [5.41, 5.74) is 0.961. The zero-order chi connectivity index (χ0) is 16.1. The van der Waals surface area contributed by atoms with Gasteiger partial charge in [0, 0.05) is 37.0 Å². The number of aromatic nitrogens is 3. The van der Waals surface area contributed by atoms with Crippen LogP contribution in [0.2, 0.25) is 0 Å². The first-order valence-electron chi connectivity index (χ1n) is 7.54. The molecule has 120 valence electrons. The van der Waals surface area contributed by atoms with E-state index in [0.29, 0.717) is 44.1 Å². The largest absolute Gasteiger partial charge is 0.379 e. The van der Waals surface area contributed by atoms with Crippen molar-refractivity contribution in [3.8, 4) is 0 Å². The molecule has 7 nitrogen and oxygen atoms in total. The molecule has 3 heterocycles. The SMILES string of the molecule is O=C(c1ccccn1)N1CCOCC(Cc2cc(=O)[nH]cn2)C1. The standard InChI is InChI=1S/C16H18N4O3/c21-15-8-13(18-11-19-15)7-12-9-20(5-6-23-10-12)16(22)14-3-1-2-4-17-14/h1-4,8,11-12H,5-7,9-10H2,(H,18,19,21). The summed E-state index contributed by atoms with van der Waals surface area (Å²) in [6.45, 7) is 2.14. The van der Waals surface area contributed by atoms with Crippen molar-refractivity contribution in [1.82, 2.24) is 19.9 Å². The highest BCUT2D eigenvalue weighted by Crippen LogP contribution is 2.14. The molecule has 3 rings (SSSR count). The fourth-order valence-electron chi connectivity index (χ4n) is 2.66. The summed E-state index contributed by atoms with van der Waals surface area (Å²) >= 11 is 0. The molecule has 7 heteroatoms. The van der Waals surface area contributed by atoms with Gasteiger partial charge in [0.15, 0.2) is 0 Å². The number of carbonyl (C=O) groups is 1. The highest BCUT2D eigenvalue weighted by molar-refractivity contribution is 5.92. The van der Waals surface area contributed by atoms with Crippen LogP contribution in [0.5, 0.6) is 0 Å². The molecule has 23 heavy (non-hydrogen) atoms. The number of H-pyrrole nitrogens is 1. The molecule has 2 aromatic rings. The number of rotatable bonds is 3. The minimum absolute atomic E-state index is 0.0967. The Hall–Kier alpha value is -2.54. The number of nitrogens with one attached hydrogen (secondary N) is 1. The van der Waals surface area contributed by atoms with Gasteiger partial charge in [-0.1, -0.05) is 6.07 Å². The van der Waals surface area contributed by atoms with E-state index in [1.54, 1.807) is 29.3 Å². The fraction of sp³-hybridized carbons (Fsp3) is 0.375. The first-order chi connectivity index (χ1) is 11.2. The van der Waals surface area contributed by atoms with E-state index in [-0.39, 0.29) is 17.4 Å². The molecule has 0 radical (unpaired) electrons. The van der Waals surface area contributed by atoms with Gasteiger partial charge in [0.1, 0.15) is 5.69 Å². The third-order valence-corrected chi connectivity index (χ3v) is 3.74. The van der Waals surface area contributed by atoms with E-state index in [1.807, 2.05) is 0 Å². The third kappa shape index (κ3) is 4.01. The van der Waals surface area contributed by atoms with Gasteiger partial charge >= 0.3 is 0 Å². The summed E-state index contributed by atoms with van der Waals surface area (Å²) < 4.78 is 5.60. The average molecular weight is 314 g/mol. The summed E-state index contributed by atoms with van der Waals surface area (Å²) in [6.07, 6.45) is 3.60. The maximum absolute atomic E-state index is 12.5. The van der Waals surface area contributed by atoms with Gasteiger partial charge in [0.05, 0.1) is 19.5 Å². The van der Waals surface area contributed by atoms with Gasteiger partial charge in [-0.25, -0.2) is 4.98 Å². The molecule has 1 aliphatic heterocycles. The molecule has 1 N–H and O–H groups in total.